The first kappa shape index (κ1) is 10.5. The van der Waals surface area contributed by atoms with Gasteiger partial charge in [-0.25, -0.2) is 4.79 Å². The Morgan fingerprint density at radius 2 is 2.19 bits per heavy atom. The van der Waals surface area contributed by atoms with E-state index in [0.29, 0.717) is 12.0 Å². The minimum atomic E-state index is -0.356. The first-order valence-electron chi connectivity index (χ1n) is 5.03. The Kier molecular flexibility index (Phi) is 2.77. The standard InChI is InChI=1S/C13H13NO2/c1-9(13(15)16-2)7-10-8-14-12-6-4-3-5-11(10)12/h3-6,8,14H,1,7H2,2H3. The van der Waals surface area contributed by atoms with Gasteiger partial charge in [-0.3, -0.25) is 0 Å². The molecule has 1 N–H and O–H groups in total. The monoisotopic (exact) mass is 215 g/mol. The lowest BCUT2D eigenvalue weighted by Gasteiger charge is -2.02. The summed E-state index contributed by atoms with van der Waals surface area (Å²) in [6.45, 7) is 3.72. The Labute approximate surface area is 93.7 Å². The molecule has 0 aliphatic rings. The fraction of sp³-hybridized carbons (Fsp3) is 0.154. The van der Waals surface area contributed by atoms with Crippen LogP contribution in [0.2, 0.25) is 0 Å². The zero-order chi connectivity index (χ0) is 11.5. The average molecular weight is 215 g/mol. The molecule has 16 heavy (non-hydrogen) atoms. The maximum absolute atomic E-state index is 11.2. The molecular formula is C13H13NO2. The van der Waals surface area contributed by atoms with E-state index < -0.39 is 0 Å². The third kappa shape index (κ3) is 1.84. The van der Waals surface area contributed by atoms with Gasteiger partial charge in [0, 0.05) is 29.1 Å². The minimum Gasteiger partial charge on any atom is -0.466 e. The Balaban J connectivity index is 2.28. The summed E-state index contributed by atoms with van der Waals surface area (Å²) < 4.78 is 4.62. The van der Waals surface area contributed by atoms with E-state index in [2.05, 4.69) is 16.3 Å². The zero-order valence-electron chi connectivity index (χ0n) is 9.12. The number of fused-ring (bicyclic) bond motifs is 1. The van der Waals surface area contributed by atoms with Gasteiger partial charge in [0.2, 0.25) is 0 Å². The number of hydrogen-bond acceptors (Lipinski definition) is 2. The summed E-state index contributed by atoms with van der Waals surface area (Å²) in [7, 11) is 1.36. The van der Waals surface area contributed by atoms with Gasteiger partial charge < -0.3 is 9.72 Å². The van der Waals surface area contributed by atoms with Crippen molar-refractivity contribution >= 4 is 16.9 Å². The van der Waals surface area contributed by atoms with Crippen LogP contribution >= 0.6 is 0 Å². The van der Waals surface area contributed by atoms with Gasteiger partial charge in [0.25, 0.3) is 0 Å². The van der Waals surface area contributed by atoms with Crippen molar-refractivity contribution in [2.75, 3.05) is 7.11 Å². The van der Waals surface area contributed by atoms with E-state index in [-0.39, 0.29) is 5.97 Å². The second-order valence-electron chi connectivity index (χ2n) is 3.63. The number of carbonyl (C=O) groups is 1. The molecule has 1 aromatic heterocycles. The predicted molar refractivity (Wildman–Crippen MR) is 63.2 cm³/mol. The maximum atomic E-state index is 11.2. The Hall–Kier alpha value is -2.03. The number of benzene rings is 1. The van der Waals surface area contributed by atoms with Crippen LogP contribution in [0.1, 0.15) is 5.56 Å². The van der Waals surface area contributed by atoms with Crippen LogP contribution in [0.4, 0.5) is 0 Å². The van der Waals surface area contributed by atoms with E-state index in [1.54, 1.807) is 0 Å². The highest BCUT2D eigenvalue weighted by atomic mass is 16.5. The first-order chi connectivity index (χ1) is 7.72. The number of methoxy groups -OCH3 is 1. The molecule has 0 radical (unpaired) electrons. The molecule has 1 aromatic carbocycles. The van der Waals surface area contributed by atoms with Gasteiger partial charge in [-0.2, -0.15) is 0 Å². The van der Waals surface area contributed by atoms with Gasteiger partial charge in [0.15, 0.2) is 0 Å². The molecule has 3 nitrogen and oxygen atoms in total. The molecule has 3 heteroatoms. The molecule has 0 atom stereocenters. The number of carbonyl (C=O) groups excluding carboxylic acids is 1. The lowest BCUT2D eigenvalue weighted by atomic mass is 10.1. The van der Waals surface area contributed by atoms with Crippen molar-refractivity contribution in [2.45, 2.75) is 6.42 Å². The number of para-hydroxylation sites is 1. The molecule has 0 saturated heterocycles. The summed E-state index contributed by atoms with van der Waals surface area (Å²) in [5.41, 5.74) is 2.59. The molecule has 0 saturated carbocycles. The summed E-state index contributed by atoms with van der Waals surface area (Å²) in [6, 6.07) is 7.96. The number of nitrogens with one attached hydrogen (secondary N) is 1. The molecule has 0 amide bonds. The summed E-state index contributed by atoms with van der Waals surface area (Å²) in [5, 5.41) is 1.12. The SMILES string of the molecule is C=C(Cc1c[nH]c2ccccc12)C(=O)OC. The van der Waals surface area contributed by atoms with Gasteiger partial charge in [-0.05, 0) is 11.6 Å². The number of rotatable bonds is 3. The molecule has 0 aliphatic heterocycles. The number of ether oxygens (including phenoxy) is 1. The summed E-state index contributed by atoms with van der Waals surface area (Å²) in [5.74, 6) is -0.356. The van der Waals surface area contributed by atoms with Crippen LogP contribution in [0.15, 0.2) is 42.6 Å². The summed E-state index contributed by atoms with van der Waals surface area (Å²) >= 11 is 0. The topological polar surface area (TPSA) is 42.1 Å². The number of H-pyrrole nitrogens is 1. The molecule has 1 heterocycles. The van der Waals surface area contributed by atoms with Crippen LogP contribution in [0, 0.1) is 0 Å². The van der Waals surface area contributed by atoms with E-state index in [1.165, 1.54) is 7.11 Å². The summed E-state index contributed by atoms with van der Waals surface area (Å²) in [4.78, 5) is 14.4. The molecule has 0 aliphatic carbocycles. The molecule has 2 rings (SSSR count). The van der Waals surface area contributed by atoms with Crippen molar-refractivity contribution in [1.82, 2.24) is 4.98 Å². The maximum Gasteiger partial charge on any atom is 0.333 e. The highest BCUT2D eigenvalue weighted by Gasteiger charge is 2.10. The molecule has 0 bridgehead atoms. The minimum absolute atomic E-state index is 0.356. The molecule has 0 fully saturated rings. The van der Waals surface area contributed by atoms with E-state index >= 15 is 0 Å². The average Bonchev–Trinajstić information content (AvgIpc) is 2.72. The third-order valence-corrected chi connectivity index (χ3v) is 2.55. The highest BCUT2D eigenvalue weighted by Crippen LogP contribution is 2.20. The number of hydrogen-bond donors (Lipinski definition) is 1. The Morgan fingerprint density at radius 1 is 1.44 bits per heavy atom. The van der Waals surface area contributed by atoms with Crippen molar-refractivity contribution in [1.29, 1.82) is 0 Å². The van der Waals surface area contributed by atoms with E-state index in [9.17, 15) is 4.79 Å². The molecule has 0 spiro atoms. The fourth-order valence-corrected chi connectivity index (χ4v) is 1.72. The van der Waals surface area contributed by atoms with E-state index in [4.69, 9.17) is 0 Å². The van der Waals surface area contributed by atoms with E-state index in [1.807, 2.05) is 30.5 Å². The van der Waals surface area contributed by atoms with Crippen molar-refractivity contribution in [3.05, 3.63) is 48.2 Å². The van der Waals surface area contributed by atoms with Crippen LogP contribution in [0.5, 0.6) is 0 Å². The molecule has 0 unspecified atom stereocenters. The van der Waals surface area contributed by atoms with Gasteiger partial charge in [-0.15, -0.1) is 0 Å². The zero-order valence-corrected chi connectivity index (χ0v) is 9.12. The molecule has 82 valence electrons. The van der Waals surface area contributed by atoms with Crippen molar-refractivity contribution in [3.63, 3.8) is 0 Å². The smallest absolute Gasteiger partial charge is 0.333 e. The van der Waals surface area contributed by atoms with Crippen molar-refractivity contribution in [3.8, 4) is 0 Å². The largest absolute Gasteiger partial charge is 0.466 e. The van der Waals surface area contributed by atoms with Crippen LogP contribution in [-0.4, -0.2) is 18.1 Å². The van der Waals surface area contributed by atoms with Crippen molar-refractivity contribution < 1.29 is 9.53 Å². The van der Waals surface area contributed by atoms with Crippen LogP contribution < -0.4 is 0 Å². The second kappa shape index (κ2) is 4.23. The van der Waals surface area contributed by atoms with Gasteiger partial charge in [0.05, 0.1) is 7.11 Å². The second-order valence-corrected chi connectivity index (χ2v) is 3.63. The lowest BCUT2D eigenvalue weighted by molar-refractivity contribution is -0.136. The first-order valence-corrected chi connectivity index (χ1v) is 5.03. The third-order valence-electron chi connectivity index (χ3n) is 2.55. The van der Waals surface area contributed by atoms with E-state index in [0.717, 1.165) is 16.5 Å². The van der Waals surface area contributed by atoms with Gasteiger partial charge in [-0.1, -0.05) is 24.8 Å². The highest BCUT2D eigenvalue weighted by molar-refractivity contribution is 5.90. The Morgan fingerprint density at radius 3 is 2.94 bits per heavy atom. The van der Waals surface area contributed by atoms with Crippen LogP contribution in [-0.2, 0) is 16.0 Å². The van der Waals surface area contributed by atoms with Crippen LogP contribution in [0.3, 0.4) is 0 Å². The van der Waals surface area contributed by atoms with Crippen molar-refractivity contribution in [2.24, 2.45) is 0 Å². The quantitative estimate of drug-likeness (QED) is 0.631. The number of aromatic amines is 1. The lowest BCUT2D eigenvalue weighted by Crippen LogP contribution is -2.05. The predicted octanol–water partition coefficient (Wildman–Crippen LogP) is 2.44. The number of aromatic nitrogens is 1. The Bertz CT molecular complexity index is 540. The summed E-state index contributed by atoms with van der Waals surface area (Å²) in [6.07, 6.45) is 2.41. The van der Waals surface area contributed by atoms with Crippen LogP contribution in [0.25, 0.3) is 10.9 Å². The molecule has 2 aromatic rings. The number of esters is 1. The fourth-order valence-electron chi connectivity index (χ4n) is 1.72. The normalized spacial score (nSPS) is 10.3. The van der Waals surface area contributed by atoms with Gasteiger partial charge >= 0.3 is 5.97 Å². The van der Waals surface area contributed by atoms with Gasteiger partial charge in [0.1, 0.15) is 0 Å². The molecular weight excluding hydrogens is 202 g/mol.